The third-order valence-corrected chi connectivity index (χ3v) is 11.2. The van der Waals surface area contributed by atoms with Gasteiger partial charge in [0, 0.05) is 13.1 Å². The lowest BCUT2D eigenvalue weighted by molar-refractivity contribution is -0.127. The summed E-state index contributed by atoms with van der Waals surface area (Å²) in [6.07, 6.45) is 7.94. The molecular formula is C25H32N2O4S2. The molecule has 4 aliphatic carbocycles. The molecule has 6 nitrogen and oxygen atoms in total. The Hall–Kier alpha value is -2.06. The van der Waals surface area contributed by atoms with Crippen LogP contribution in [0.3, 0.4) is 0 Å². The molecule has 4 fully saturated rings. The molecule has 1 aromatic carbocycles. The number of hydrogen-bond acceptors (Lipinski definition) is 5. The number of amides is 1. The molecule has 4 aliphatic rings. The van der Waals surface area contributed by atoms with Crippen molar-refractivity contribution in [2.75, 3.05) is 18.0 Å². The van der Waals surface area contributed by atoms with Gasteiger partial charge in [-0.3, -0.25) is 9.10 Å². The Labute approximate surface area is 200 Å². The second-order valence-corrected chi connectivity index (χ2v) is 13.4. The summed E-state index contributed by atoms with van der Waals surface area (Å²) in [5.41, 5.74) is 0.806. The fraction of sp³-hybridized carbons (Fsp3) is 0.560. The summed E-state index contributed by atoms with van der Waals surface area (Å²) < 4.78 is 32.6. The summed E-state index contributed by atoms with van der Waals surface area (Å²) in [7, 11) is -2.04. The number of anilines is 1. The maximum Gasteiger partial charge on any atom is 0.273 e. The van der Waals surface area contributed by atoms with Gasteiger partial charge in [0.15, 0.2) is 6.61 Å². The van der Waals surface area contributed by atoms with Crippen molar-refractivity contribution < 1.29 is 17.9 Å². The lowest BCUT2D eigenvalue weighted by atomic mass is 9.48. The van der Waals surface area contributed by atoms with Crippen LogP contribution in [0.5, 0.6) is 5.75 Å². The number of nitrogens with zero attached hydrogens (tertiary/aromatic N) is 1. The van der Waals surface area contributed by atoms with Crippen molar-refractivity contribution in [3.05, 3.63) is 41.8 Å². The van der Waals surface area contributed by atoms with E-state index in [4.69, 9.17) is 4.74 Å². The van der Waals surface area contributed by atoms with Crippen LogP contribution in [0.1, 0.15) is 45.4 Å². The van der Waals surface area contributed by atoms with E-state index in [2.05, 4.69) is 12.2 Å². The molecule has 178 valence electrons. The van der Waals surface area contributed by atoms with E-state index < -0.39 is 10.0 Å². The topological polar surface area (TPSA) is 75.7 Å². The van der Waals surface area contributed by atoms with Crippen molar-refractivity contribution in [2.24, 2.45) is 23.2 Å². The van der Waals surface area contributed by atoms with Gasteiger partial charge in [-0.15, -0.1) is 11.3 Å². The van der Waals surface area contributed by atoms with Gasteiger partial charge in [0.2, 0.25) is 0 Å². The summed E-state index contributed by atoms with van der Waals surface area (Å²) >= 11 is 1.19. The normalized spacial score (nSPS) is 29.0. The molecule has 0 saturated heterocycles. The molecule has 33 heavy (non-hydrogen) atoms. The Bertz CT molecular complexity index is 1060. The Morgan fingerprint density at radius 2 is 1.73 bits per heavy atom. The van der Waals surface area contributed by atoms with Crippen molar-refractivity contribution >= 4 is 33.0 Å². The summed E-state index contributed by atoms with van der Waals surface area (Å²) in [4.78, 5) is 12.6. The number of carbonyl (C=O) groups is 1. The molecule has 2 aromatic rings. The molecule has 1 N–H and O–H groups in total. The summed E-state index contributed by atoms with van der Waals surface area (Å²) in [5.74, 6) is 3.00. The highest BCUT2D eigenvalue weighted by Crippen LogP contribution is 2.61. The highest BCUT2D eigenvalue weighted by molar-refractivity contribution is 7.94. The number of rotatable bonds is 8. The van der Waals surface area contributed by atoms with Gasteiger partial charge in [0.05, 0.1) is 5.69 Å². The van der Waals surface area contributed by atoms with E-state index in [0.717, 1.165) is 17.8 Å². The van der Waals surface area contributed by atoms with Crippen molar-refractivity contribution in [2.45, 2.75) is 55.7 Å². The highest BCUT2D eigenvalue weighted by Gasteiger charge is 2.53. The van der Waals surface area contributed by atoms with Crippen LogP contribution in [-0.2, 0) is 14.8 Å². The number of benzene rings is 1. The predicted octanol–water partition coefficient (Wildman–Crippen LogP) is 4.67. The van der Waals surface area contributed by atoms with Crippen LogP contribution in [0.4, 0.5) is 5.69 Å². The zero-order chi connectivity index (χ0) is 23.2. The van der Waals surface area contributed by atoms with Gasteiger partial charge in [-0.2, -0.15) is 0 Å². The number of ether oxygens (including phenoxy) is 1. The Balaban J connectivity index is 1.15. The first-order valence-corrected chi connectivity index (χ1v) is 14.1. The molecule has 8 heteroatoms. The maximum absolute atomic E-state index is 12.7. The van der Waals surface area contributed by atoms with Crippen molar-refractivity contribution in [1.29, 1.82) is 0 Å². The van der Waals surface area contributed by atoms with Crippen LogP contribution in [0, 0.1) is 23.2 Å². The molecule has 1 atom stereocenters. The van der Waals surface area contributed by atoms with Crippen LogP contribution < -0.4 is 14.4 Å². The molecule has 6 rings (SSSR count). The summed E-state index contributed by atoms with van der Waals surface area (Å²) in [6, 6.07) is 10.3. The van der Waals surface area contributed by atoms with E-state index in [0.29, 0.717) is 15.6 Å². The minimum atomic E-state index is -3.57. The van der Waals surface area contributed by atoms with Crippen LogP contribution in [0.25, 0.3) is 0 Å². The number of sulfonamides is 1. The fourth-order valence-electron chi connectivity index (χ4n) is 6.73. The number of hydrogen-bond donors (Lipinski definition) is 1. The average molecular weight is 489 g/mol. The van der Waals surface area contributed by atoms with Crippen LogP contribution in [0.2, 0.25) is 0 Å². The first kappa shape index (κ1) is 22.7. The molecule has 0 spiro atoms. The molecule has 1 heterocycles. The van der Waals surface area contributed by atoms with Crippen LogP contribution in [-0.4, -0.2) is 34.0 Å². The van der Waals surface area contributed by atoms with Gasteiger partial charge >= 0.3 is 0 Å². The molecule has 1 amide bonds. The van der Waals surface area contributed by atoms with Gasteiger partial charge in [0.1, 0.15) is 9.96 Å². The minimum Gasteiger partial charge on any atom is -0.484 e. The lowest BCUT2D eigenvalue weighted by Crippen LogP contribution is -2.56. The van der Waals surface area contributed by atoms with E-state index >= 15 is 0 Å². The van der Waals surface area contributed by atoms with Gasteiger partial charge in [-0.1, -0.05) is 6.07 Å². The second-order valence-electron chi connectivity index (χ2n) is 10.3. The average Bonchev–Trinajstić information content (AvgIpc) is 3.32. The van der Waals surface area contributed by atoms with Gasteiger partial charge in [-0.05, 0) is 104 Å². The molecule has 0 aliphatic heterocycles. The van der Waals surface area contributed by atoms with Crippen LogP contribution >= 0.6 is 11.3 Å². The number of thiophene rings is 1. The number of nitrogens with one attached hydrogen (secondary N) is 1. The van der Waals surface area contributed by atoms with E-state index in [1.54, 1.807) is 41.8 Å². The summed E-state index contributed by atoms with van der Waals surface area (Å²) in [6.45, 7) is 2.13. The fourth-order valence-corrected chi connectivity index (χ4v) is 9.09. The first-order valence-electron chi connectivity index (χ1n) is 11.8. The smallest absolute Gasteiger partial charge is 0.273 e. The van der Waals surface area contributed by atoms with Crippen molar-refractivity contribution in [1.82, 2.24) is 5.32 Å². The zero-order valence-corrected chi connectivity index (χ0v) is 20.8. The van der Waals surface area contributed by atoms with Gasteiger partial charge < -0.3 is 10.1 Å². The van der Waals surface area contributed by atoms with Gasteiger partial charge in [0.25, 0.3) is 15.9 Å². The number of carbonyl (C=O) groups excluding carboxylic acids is 1. The standard InChI is InChI=1S/C25H32N2O4S2/c1-17(25-13-18-10-19(14-25)12-20(11-18)15-25)26-23(28)16-31-22-7-5-21(6-8-22)27(2)33(29,30)24-4-3-9-32-24/h3-9,17-20H,10-16H2,1-2H3,(H,26,28). The van der Waals surface area contributed by atoms with E-state index in [-0.39, 0.29) is 24.0 Å². The van der Waals surface area contributed by atoms with E-state index in [1.165, 1.54) is 61.2 Å². The quantitative estimate of drug-likeness (QED) is 0.586. The largest absolute Gasteiger partial charge is 0.484 e. The van der Waals surface area contributed by atoms with Crippen molar-refractivity contribution in [3.63, 3.8) is 0 Å². The molecule has 1 unspecified atom stereocenters. The Kier molecular flexibility index (Phi) is 5.93. The third-order valence-electron chi connectivity index (χ3n) is 8.06. The molecule has 1 aromatic heterocycles. The van der Waals surface area contributed by atoms with E-state index in [1.807, 2.05) is 0 Å². The predicted molar refractivity (Wildman–Crippen MR) is 130 cm³/mol. The summed E-state index contributed by atoms with van der Waals surface area (Å²) in [5, 5.41) is 4.96. The second kappa shape index (κ2) is 8.62. The molecular weight excluding hydrogens is 456 g/mol. The molecule has 4 saturated carbocycles. The van der Waals surface area contributed by atoms with Crippen molar-refractivity contribution in [3.8, 4) is 5.75 Å². The highest BCUT2D eigenvalue weighted by atomic mass is 32.2. The SMILES string of the molecule is CC(NC(=O)COc1ccc(N(C)S(=O)(=O)c2cccs2)cc1)C12CC3CC(CC(C3)C1)C2. The monoisotopic (exact) mass is 488 g/mol. The van der Waals surface area contributed by atoms with Gasteiger partial charge in [-0.25, -0.2) is 8.42 Å². The molecule has 0 radical (unpaired) electrons. The Morgan fingerprint density at radius 3 is 2.27 bits per heavy atom. The maximum atomic E-state index is 12.7. The third kappa shape index (κ3) is 4.39. The zero-order valence-electron chi connectivity index (χ0n) is 19.2. The first-order chi connectivity index (χ1) is 15.7. The minimum absolute atomic E-state index is 0.0423. The van der Waals surface area contributed by atoms with Crippen LogP contribution in [0.15, 0.2) is 46.0 Å². The Morgan fingerprint density at radius 1 is 1.12 bits per heavy atom. The lowest BCUT2D eigenvalue weighted by Gasteiger charge is -2.59. The van der Waals surface area contributed by atoms with E-state index in [9.17, 15) is 13.2 Å². The molecule has 4 bridgehead atoms.